The van der Waals surface area contributed by atoms with E-state index in [2.05, 4.69) is 0 Å². The quantitative estimate of drug-likeness (QED) is 0.803. The number of likely N-dealkylation sites (tertiary alicyclic amines) is 1. The third kappa shape index (κ3) is 5.69. The summed E-state index contributed by atoms with van der Waals surface area (Å²) in [5.41, 5.74) is 5.31. The van der Waals surface area contributed by atoms with Gasteiger partial charge in [-0.05, 0) is 44.2 Å². The van der Waals surface area contributed by atoms with E-state index in [0.29, 0.717) is 50.7 Å². The number of amides is 2. The smallest absolute Gasteiger partial charge is 0.236 e. The largest absolute Gasteiger partial charge is 0.492 e. The minimum Gasteiger partial charge on any atom is -0.492 e. The summed E-state index contributed by atoms with van der Waals surface area (Å²) in [6.45, 7) is 2.68. The van der Waals surface area contributed by atoms with Crippen LogP contribution in [0.4, 0.5) is 0 Å². The van der Waals surface area contributed by atoms with Crippen LogP contribution in [-0.2, 0) is 9.59 Å². The Morgan fingerprint density at radius 1 is 1.29 bits per heavy atom. The fourth-order valence-electron chi connectivity index (χ4n) is 2.67. The van der Waals surface area contributed by atoms with E-state index in [1.165, 1.54) is 0 Å². The maximum absolute atomic E-state index is 12.3. The molecule has 1 heterocycles. The van der Waals surface area contributed by atoms with Gasteiger partial charge >= 0.3 is 0 Å². The zero-order valence-electron chi connectivity index (χ0n) is 13.9. The molecule has 1 aliphatic heterocycles. The average Bonchev–Trinajstić information content (AvgIpc) is 2.56. The predicted octanol–water partition coefficient (Wildman–Crippen LogP) is 1.37. The lowest BCUT2D eigenvalue weighted by Gasteiger charge is -2.31. The van der Waals surface area contributed by atoms with Gasteiger partial charge in [0.15, 0.2) is 0 Å². The van der Waals surface area contributed by atoms with Crippen molar-refractivity contribution >= 4 is 23.4 Å². The first-order valence-corrected chi connectivity index (χ1v) is 8.47. The second-order valence-corrected chi connectivity index (χ2v) is 6.53. The summed E-state index contributed by atoms with van der Waals surface area (Å²) >= 11 is 5.82. The molecule has 0 spiro atoms. The lowest BCUT2D eigenvalue weighted by Crippen LogP contribution is -2.45. The second kappa shape index (κ2) is 8.89. The van der Waals surface area contributed by atoms with Crippen LogP contribution in [0.5, 0.6) is 5.75 Å². The first-order chi connectivity index (χ1) is 11.5. The molecule has 1 aromatic carbocycles. The molecule has 1 aliphatic rings. The van der Waals surface area contributed by atoms with E-state index in [-0.39, 0.29) is 17.7 Å². The van der Waals surface area contributed by atoms with Crippen molar-refractivity contribution in [2.75, 3.05) is 39.8 Å². The van der Waals surface area contributed by atoms with Crippen molar-refractivity contribution in [3.05, 3.63) is 29.3 Å². The molecule has 1 saturated heterocycles. The van der Waals surface area contributed by atoms with Gasteiger partial charge in [-0.25, -0.2) is 0 Å². The van der Waals surface area contributed by atoms with Crippen molar-refractivity contribution < 1.29 is 14.3 Å². The molecule has 0 aliphatic carbocycles. The van der Waals surface area contributed by atoms with Gasteiger partial charge in [-0.15, -0.1) is 0 Å². The highest BCUT2D eigenvalue weighted by molar-refractivity contribution is 6.30. The summed E-state index contributed by atoms with van der Waals surface area (Å²) in [5.74, 6) is 0.470. The number of hydrogen-bond acceptors (Lipinski definition) is 4. The number of nitrogens with two attached hydrogens (primary N) is 1. The standard InChI is InChI=1S/C17H24ClN3O3/c1-20(10-11-24-15-4-2-14(18)3-5-15)12-16(22)21-8-6-13(7-9-21)17(19)23/h2-5,13H,6-12H2,1H3,(H2,19,23). The van der Waals surface area contributed by atoms with Crippen LogP contribution in [-0.4, -0.2) is 61.4 Å². The lowest BCUT2D eigenvalue weighted by atomic mass is 9.96. The van der Waals surface area contributed by atoms with Crippen molar-refractivity contribution in [2.45, 2.75) is 12.8 Å². The van der Waals surface area contributed by atoms with Crippen molar-refractivity contribution in [1.82, 2.24) is 9.80 Å². The molecule has 2 amide bonds. The minimum atomic E-state index is -0.265. The number of rotatable bonds is 7. The second-order valence-electron chi connectivity index (χ2n) is 6.10. The number of likely N-dealkylation sites (N-methyl/N-ethyl adjacent to an activating group) is 1. The Hall–Kier alpha value is -1.79. The summed E-state index contributed by atoms with van der Waals surface area (Å²) in [4.78, 5) is 27.2. The number of benzene rings is 1. The highest BCUT2D eigenvalue weighted by Crippen LogP contribution is 2.17. The lowest BCUT2D eigenvalue weighted by molar-refractivity contribution is -0.135. The molecule has 7 heteroatoms. The fourth-order valence-corrected chi connectivity index (χ4v) is 2.80. The Morgan fingerprint density at radius 2 is 1.92 bits per heavy atom. The molecule has 0 aromatic heterocycles. The minimum absolute atomic E-state index is 0.0758. The molecule has 0 bridgehead atoms. The van der Waals surface area contributed by atoms with Crippen LogP contribution in [0.3, 0.4) is 0 Å². The summed E-state index contributed by atoms with van der Waals surface area (Å²) in [6, 6.07) is 7.19. The van der Waals surface area contributed by atoms with Gasteiger partial charge in [0.25, 0.3) is 0 Å². The molecule has 0 atom stereocenters. The van der Waals surface area contributed by atoms with Crippen molar-refractivity contribution in [3.8, 4) is 5.75 Å². The molecular weight excluding hydrogens is 330 g/mol. The van der Waals surface area contributed by atoms with Crippen LogP contribution < -0.4 is 10.5 Å². The summed E-state index contributed by atoms with van der Waals surface area (Å²) in [7, 11) is 1.89. The van der Waals surface area contributed by atoms with E-state index in [9.17, 15) is 9.59 Å². The van der Waals surface area contributed by atoms with Gasteiger partial charge in [0.05, 0.1) is 6.54 Å². The first kappa shape index (κ1) is 18.5. The van der Waals surface area contributed by atoms with E-state index in [1.807, 2.05) is 24.1 Å². The normalized spacial score (nSPS) is 15.5. The first-order valence-electron chi connectivity index (χ1n) is 8.09. The molecule has 6 nitrogen and oxygen atoms in total. The number of carbonyl (C=O) groups excluding carboxylic acids is 2. The molecule has 1 aromatic rings. The molecule has 0 unspecified atom stereocenters. The zero-order chi connectivity index (χ0) is 17.5. The maximum Gasteiger partial charge on any atom is 0.236 e. The van der Waals surface area contributed by atoms with E-state index in [1.54, 1.807) is 17.0 Å². The Bertz CT molecular complexity index is 557. The van der Waals surface area contributed by atoms with Crippen molar-refractivity contribution in [1.29, 1.82) is 0 Å². The van der Waals surface area contributed by atoms with Crippen LogP contribution in [0.25, 0.3) is 0 Å². The number of halogens is 1. The molecule has 0 saturated carbocycles. The predicted molar refractivity (Wildman–Crippen MR) is 92.9 cm³/mol. The number of carbonyl (C=O) groups is 2. The Morgan fingerprint density at radius 3 is 2.50 bits per heavy atom. The van der Waals surface area contributed by atoms with E-state index in [0.717, 1.165) is 5.75 Å². The summed E-state index contributed by atoms with van der Waals surface area (Å²) in [5, 5.41) is 0.671. The summed E-state index contributed by atoms with van der Waals surface area (Å²) in [6.07, 6.45) is 1.31. The maximum atomic E-state index is 12.3. The number of hydrogen-bond donors (Lipinski definition) is 1. The number of ether oxygens (including phenoxy) is 1. The van der Waals surface area contributed by atoms with Gasteiger partial charge < -0.3 is 15.4 Å². The average molecular weight is 354 g/mol. The highest BCUT2D eigenvalue weighted by atomic mass is 35.5. The molecule has 24 heavy (non-hydrogen) atoms. The number of primary amides is 1. The number of nitrogens with zero attached hydrogens (tertiary/aromatic N) is 2. The van der Waals surface area contributed by atoms with E-state index in [4.69, 9.17) is 22.1 Å². The van der Waals surface area contributed by atoms with Crippen molar-refractivity contribution in [2.24, 2.45) is 11.7 Å². The van der Waals surface area contributed by atoms with E-state index >= 15 is 0 Å². The van der Waals surface area contributed by atoms with Crippen LogP contribution in [0, 0.1) is 5.92 Å². The van der Waals surface area contributed by atoms with Crippen LogP contribution >= 0.6 is 11.6 Å². The Kier molecular flexibility index (Phi) is 6.87. The van der Waals surface area contributed by atoms with Gasteiger partial charge in [-0.1, -0.05) is 11.6 Å². The van der Waals surface area contributed by atoms with Gasteiger partial charge in [0, 0.05) is 30.6 Å². The molecule has 0 radical (unpaired) electrons. The molecule has 2 rings (SSSR count). The van der Waals surface area contributed by atoms with Gasteiger partial charge in [-0.3, -0.25) is 14.5 Å². The molecule has 2 N–H and O–H groups in total. The number of piperidine rings is 1. The third-order valence-corrected chi connectivity index (χ3v) is 4.46. The Labute approximate surface area is 147 Å². The SMILES string of the molecule is CN(CCOc1ccc(Cl)cc1)CC(=O)N1CCC(C(N)=O)CC1. The molecule has 132 valence electrons. The monoisotopic (exact) mass is 353 g/mol. The Balaban J connectivity index is 1.66. The summed E-state index contributed by atoms with van der Waals surface area (Å²) < 4.78 is 5.62. The zero-order valence-corrected chi connectivity index (χ0v) is 14.7. The van der Waals surface area contributed by atoms with Gasteiger partial charge in [0.1, 0.15) is 12.4 Å². The molecule has 1 fully saturated rings. The highest BCUT2D eigenvalue weighted by Gasteiger charge is 2.26. The van der Waals surface area contributed by atoms with Crippen LogP contribution in [0.1, 0.15) is 12.8 Å². The topological polar surface area (TPSA) is 75.9 Å². The van der Waals surface area contributed by atoms with Crippen LogP contribution in [0.15, 0.2) is 24.3 Å². The van der Waals surface area contributed by atoms with Gasteiger partial charge in [-0.2, -0.15) is 0 Å². The van der Waals surface area contributed by atoms with E-state index < -0.39 is 0 Å². The third-order valence-electron chi connectivity index (χ3n) is 4.21. The van der Waals surface area contributed by atoms with Crippen molar-refractivity contribution in [3.63, 3.8) is 0 Å². The van der Waals surface area contributed by atoms with Crippen LogP contribution in [0.2, 0.25) is 5.02 Å². The fraction of sp³-hybridized carbons (Fsp3) is 0.529. The van der Waals surface area contributed by atoms with Gasteiger partial charge in [0.2, 0.25) is 11.8 Å². The molecular formula is C17H24ClN3O3.